The lowest BCUT2D eigenvalue weighted by molar-refractivity contribution is -0.384. The molecule has 1 heterocycles. The van der Waals surface area contributed by atoms with Gasteiger partial charge in [-0.2, -0.15) is 0 Å². The van der Waals surface area contributed by atoms with Crippen LogP contribution in [0.15, 0.2) is 35.4 Å². The predicted molar refractivity (Wildman–Crippen MR) is 158 cm³/mol. The molecule has 9 nitrogen and oxygen atoms in total. The largest absolute Gasteiger partial charge is 0.508 e. The van der Waals surface area contributed by atoms with E-state index in [1.165, 1.54) is 24.3 Å². The minimum Gasteiger partial charge on any atom is -0.430 e. The number of nitro groups is 1. The van der Waals surface area contributed by atoms with E-state index < -0.39 is 28.4 Å². The lowest BCUT2D eigenvalue weighted by Crippen LogP contribution is -2.70. The van der Waals surface area contributed by atoms with Crippen molar-refractivity contribution >= 4 is 35.0 Å². The van der Waals surface area contributed by atoms with Crippen molar-refractivity contribution < 1.29 is 28.4 Å². The zero-order chi connectivity index (χ0) is 29.9. The molecular weight excluding hydrogens is 532 g/mol. The summed E-state index contributed by atoms with van der Waals surface area (Å²) in [6.07, 6.45) is -0.172. The summed E-state index contributed by atoms with van der Waals surface area (Å²) in [7, 11) is -3.50. The molecule has 0 spiro atoms. The van der Waals surface area contributed by atoms with Crippen LogP contribution in [0.1, 0.15) is 60.5 Å². The molecule has 1 aliphatic rings. The van der Waals surface area contributed by atoms with E-state index in [-0.39, 0.29) is 47.4 Å². The van der Waals surface area contributed by atoms with Crippen molar-refractivity contribution in [1.29, 1.82) is 0 Å². The van der Waals surface area contributed by atoms with Crippen LogP contribution in [0.3, 0.4) is 0 Å². The molecule has 0 radical (unpaired) electrons. The van der Waals surface area contributed by atoms with Crippen molar-refractivity contribution in [3.63, 3.8) is 0 Å². The van der Waals surface area contributed by atoms with Gasteiger partial charge in [0.2, 0.25) is 5.91 Å². The zero-order valence-electron chi connectivity index (χ0n) is 25.4. The Morgan fingerprint density at radius 2 is 1.67 bits per heavy atom. The van der Waals surface area contributed by atoms with E-state index in [1.54, 1.807) is 0 Å². The van der Waals surface area contributed by atoms with E-state index in [0.717, 1.165) is 0 Å². The molecule has 0 saturated carbocycles. The third-order valence-corrected chi connectivity index (χ3v) is 14.0. The molecule has 0 bridgehead atoms. The third-order valence-electron chi connectivity index (χ3n) is 7.74. The van der Waals surface area contributed by atoms with E-state index in [0.29, 0.717) is 23.1 Å². The van der Waals surface area contributed by atoms with Crippen LogP contribution in [-0.2, 0) is 25.3 Å². The molecule has 11 heteroatoms. The van der Waals surface area contributed by atoms with Gasteiger partial charge >= 0.3 is 6.16 Å². The molecule has 39 heavy (non-hydrogen) atoms. The summed E-state index contributed by atoms with van der Waals surface area (Å²) >= 11 is 0. The minimum atomic E-state index is -2.18. The van der Waals surface area contributed by atoms with Crippen LogP contribution in [-0.4, -0.2) is 57.6 Å². The highest BCUT2D eigenvalue weighted by atomic mass is 28.3. The number of amides is 1. The molecule has 2 rings (SSSR count). The Balaban J connectivity index is 2.21. The Morgan fingerprint density at radius 3 is 2.13 bits per heavy atom. The molecule has 0 aromatic heterocycles. The Kier molecular flexibility index (Phi) is 10.4. The Bertz CT molecular complexity index is 1090. The summed E-state index contributed by atoms with van der Waals surface area (Å²) < 4.78 is 19.1. The summed E-state index contributed by atoms with van der Waals surface area (Å²) in [6.45, 7) is 23.6. The second-order valence-corrected chi connectivity index (χ2v) is 20.7. The number of rotatable bonds is 10. The van der Waals surface area contributed by atoms with Crippen molar-refractivity contribution in [2.24, 2.45) is 5.41 Å². The maximum Gasteiger partial charge on any atom is 0.508 e. The van der Waals surface area contributed by atoms with Gasteiger partial charge in [0.15, 0.2) is 17.3 Å². The van der Waals surface area contributed by atoms with Crippen LogP contribution in [0.4, 0.5) is 10.5 Å². The molecule has 1 aliphatic heterocycles. The molecule has 1 amide bonds. The molecular formula is C28H46N2O7Si2. The monoisotopic (exact) mass is 578 g/mol. The van der Waals surface area contributed by atoms with Gasteiger partial charge in [-0.05, 0) is 60.2 Å². The fraction of sp³-hybridized carbons (Fsp3) is 0.643. The molecule has 0 aliphatic carbocycles. The minimum absolute atomic E-state index is 0.00934. The Morgan fingerprint density at radius 1 is 1.10 bits per heavy atom. The van der Waals surface area contributed by atoms with E-state index in [9.17, 15) is 19.7 Å². The summed E-state index contributed by atoms with van der Waals surface area (Å²) in [6, 6.07) is 5.66. The van der Waals surface area contributed by atoms with E-state index in [1.807, 2.05) is 6.92 Å². The Labute approximate surface area is 235 Å². The van der Waals surface area contributed by atoms with Crippen molar-refractivity contribution in [2.45, 2.75) is 105 Å². The van der Waals surface area contributed by atoms with Crippen LogP contribution < -0.4 is 0 Å². The number of hydrogen-bond acceptors (Lipinski definition) is 7. The number of nitrogens with zero attached hydrogens (tertiary/aromatic N) is 2. The molecule has 0 N–H and O–H groups in total. The average Bonchev–Trinajstić information content (AvgIpc) is 2.78. The van der Waals surface area contributed by atoms with E-state index in [4.69, 9.17) is 13.9 Å². The van der Waals surface area contributed by atoms with Gasteiger partial charge in [0.05, 0.1) is 17.1 Å². The van der Waals surface area contributed by atoms with Gasteiger partial charge in [0, 0.05) is 17.7 Å². The van der Waals surface area contributed by atoms with E-state index >= 15 is 0 Å². The molecule has 1 fully saturated rings. The van der Waals surface area contributed by atoms with Gasteiger partial charge in [-0.15, -0.1) is 0 Å². The number of hydrogen-bond donors (Lipinski definition) is 0. The van der Waals surface area contributed by atoms with Gasteiger partial charge in [-0.3, -0.25) is 14.9 Å². The van der Waals surface area contributed by atoms with Crippen LogP contribution in [0.5, 0.6) is 0 Å². The highest BCUT2D eigenvalue weighted by Crippen LogP contribution is 2.47. The second-order valence-electron chi connectivity index (χ2n) is 13.2. The number of benzene rings is 1. The van der Waals surface area contributed by atoms with Crippen LogP contribution in [0.25, 0.3) is 0 Å². The smallest absolute Gasteiger partial charge is 0.430 e. The summed E-state index contributed by atoms with van der Waals surface area (Å²) in [5.74, 6) is 0.0152. The first kappa shape index (κ1) is 32.7. The normalized spacial score (nSPS) is 18.5. The van der Waals surface area contributed by atoms with Gasteiger partial charge in [0.25, 0.3) is 5.69 Å². The fourth-order valence-corrected chi connectivity index (χ4v) is 8.00. The lowest BCUT2D eigenvalue weighted by atomic mass is 9.80. The number of β-lactam (4-membered cyclic amide) rings is 1. The van der Waals surface area contributed by atoms with Crippen molar-refractivity contribution in [3.8, 4) is 0 Å². The van der Waals surface area contributed by atoms with Gasteiger partial charge in [0.1, 0.15) is 13.2 Å². The number of nitro benzene ring substituents is 1. The quantitative estimate of drug-likeness (QED) is 0.0770. The first-order valence-electron chi connectivity index (χ1n) is 13.5. The number of carbonyl (C=O) groups is 2. The topological polar surface area (TPSA) is 108 Å². The highest BCUT2D eigenvalue weighted by molar-refractivity contribution is 6.80. The standard InChI is InChI=1S/C28H46N2O7Si2/c1-19(17-35-26(32)36-18-20-12-14-21(15-13-20)30(33)34)24-22(16-23(27(2,3)4)37-38(8)9)29(25(24)31)39(10,11)28(5,6)7/h12-15,22-23,38H,16-18H2,1-11H3/t22-,23?/m1/s1. The highest BCUT2D eigenvalue weighted by Gasteiger charge is 2.56. The van der Waals surface area contributed by atoms with Crippen LogP contribution in [0, 0.1) is 15.5 Å². The number of non-ortho nitro benzene ring substituents is 1. The SMILES string of the molecule is CC(COC(=O)OCc1ccc([N+](=O)[O-])cc1)=C1C(=O)N([Si](C)(C)C(C)(C)C)[C@@H]1CC(O[SiH](C)C)C(C)(C)C. The number of carbonyl (C=O) groups excluding carboxylic acids is 2. The first-order chi connectivity index (χ1) is 17.8. The summed E-state index contributed by atoms with van der Waals surface area (Å²) in [5, 5.41) is 10.8. The van der Waals surface area contributed by atoms with Crippen molar-refractivity contribution in [2.75, 3.05) is 6.61 Å². The molecule has 1 aromatic rings. The number of ether oxygens (including phenoxy) is 2. The molecule has 1 unspecified atom stereocenters. The molecule has 2 atom stereocenters. The van der Waals surface area contributed by atoms with Crippen molar-refractivity contribution in [3.05, 3.63) is 51.1 Å². The maximum atomic E-state index is 13.6. The average molecular weight is 579 g/mol. The van der Waals surface area contributed by atoms with E-state index in [2.05, 4.69) is 72.3 Å². The molecule has 1 saturated heterocycles. The third kappa shape index (κ3) is 8.01. The van der Waals surface area contributed by atoms with Gasteiger partial charge in [-0.25, -0.2) is 4.79 Å². The van der Waals surface area contributed by atoms with Crippen LogP contribution in [0.2, 0.25) is 31.2 Å². The van der Waals surface area contributed by atoms with Gasteiger partial charge in [-0.1, -0.05) is 54.6 Å². The summed E-state index contributed by atoms with van der Waals surface area (Å²) in [5.41, 5.74) is 1.89. The van der Waals surface area contributed by atoms with Gasteiger partial charge < -0.3 is 18.5 Å². The Hall–Kier alpha value is -2.51. The first-order valence-corrected chi connectivity index (χ1v) is 19.2. The second kappa shape index (κ2) is 12.3. The van der Waals surface area contributed by atoms with Crippen LogP contribution >= 0.6 is 0 Å². The zero-order valence-corrected chi connectivity index (χ0v) is 27.6. The summed E-state index contributed by atoms with van der Waals surface area (Å²) in [4.78, 5) is 36.3. The molecule has 218 valence electrons. The predicted octanol–water partition coefficient (Wildman–Crippen LogP) is 6.59. The lowest BCUT2D eigenvalue weighted by Gasteiger charge is -2.57. The maximum absolute atomic E-state index is 13.6. The fourth-order valence-electron chi connectivity index (χ4n) is 4.46. The van der Waals surface area contributed by atoms with Crippen molar-refractivity contribution in [1.82, 2.24) is 4.57 Å². The molecule has 1 aromatic carbocycles.